The molecule has 41 heavy (non-hydrogen) atoms. The third-order valence-corrected chi connectivity index (χ3v) is 7.03. The molecule has 0 bridgehead atoms. The molecule has 2 aliphatic rings. The van der Waals surface area contributed by atoms with Gasteiger partial charge in [0.05, 0.1) is 43.3 Å². The number of carbonyl (C=O) groups is 1. The summed E-state index contributed by atoms with van der Waals surface area (Å²) < 4.78 is 35.6. The van der Waals surface area contributed by atoms with Crippen LogP contribution in [-0.2, 0) is 29.0 Å². The van der Waals surface area contributed by atoms with E-state index in [4.69, 9.17) is 19.3 Å². The van der Waals surface area contributed by atoms with Gasteiger partial charge < -0.3 is 14.2 Å². The Hall–Kier alpha value is -4.50. The van der Waals surface area contributed by atoms with Crippen molar-refractivity contribution in [1.82, 2.24) is 24.1 Å². The molecule has 0 saturated carbocycles. The van der Waals surface area contributed by atoms with Gasteiger partial charge in [-0.25, -0.2) is 24.1 Å². The van der Waals surface area contributed by atoms with Crippen LogP contribution in [0.5, 0.6) is 5.75 Å². The van der Waals surface area contributed by atoms with E-state index < -0.39 is 17.5 Å². The van der Waals surface area contributed by atoms with Gasteiger partial charge in [-0.1, -0.05) is 0 Å². The molecule has 1 saturated heterocycles. The molecule has 3 aromatic heterocycles. The van der Waals surface area contributed by atoms with Crippen molar-refractivity contribution in [2.45, 2.75) is 64.8 Å². The summed E-state index contributed by atoms with van der Waals surface area (Å²) in [6.07, 6.45) is 6.86. The standard InChI is InChI=1S/C29H30FN7O4/c1-29(2,3)41-28(38)37(17-22-20-9-12-40-25(20)7-6-23(22)30)27-32-14-21(26-33-18(13-31)15-36(26)27)24-8-10-35(34-24)16-19-5-4-11-39-19/h6-8,10,14-15,19H,4-5,9,11-12,16-17H2,1-3H3. The largest absolute Gasteiger partial charge is 0.493 e. The molecule has 4 aromatic rings. The first kappa shape index (κ1) is 26.7. The molecule has 6 rings (SSSR count). The average molecular weight is 560 g/mol. The Morgan fingerprint density at radius 2 is 2.15 bits per heavy atom. The molecular weight excluding hydrogens is 529 g/mol. The van der Waals surface area contributed by atoms with Crippen LogP contribution in [0.15, 0.2) is 36.8 Å². The number of benzene rings is 1. The van der Waals surface area contributed by atoms with Gasteiger partial charge in [-0.15, -0.1) is 0 Å². The molecule has 5 heterocycles. The second kappa shape index (κ2) is 10.5. The van der Waals surface area contributed by atoms with Crippen molar-refractivity contribution < 1.29 is 23.4 Å². The molecule has 1 amide bonds. The minimum Gasteiger partial charge on any atom is -0.493 e. The SMILES string of the molecule is CC(C)(C)OC(=O)N(Cc1c(F)ccc2c1CCO2)c1ncc(-c2ccn(CC3CCCO3)n2)c2nc(C#N)cn12. The van der Waals surface area contributed by atoms with Crippen LogP contribution in [-0.4, -0.2) is 55.2 Å². The fourth-order valence-corrected chi connectivity index (χ4v) is 5.18. The zero-order chi connectivity index (χ0) is 28.7. The Kier molecular flexibility index (Phi) is 6.83. The normalized spacial score (nSPS) is 16.4. The van der Waals surface area contributed by atoms with E-state index in [0.717, 1.165) is 19.4 Å². The highest BCUT2D eigenvalue weighted by atomic mass is 19.1. The first-order valence-electron chi connectivity index (χ1n) is 13.6. The predicted molar refractivity (Wildman–Crippen MR) is 146 cm³/mol. The molecule has 1 unspecified atom stereocenters. The van der Waals surface area contributed by atoms with Gasteiger partial charge in [0, 0.05) is 36.5 Å². The van der Waals surface area contributed by atoms with Gasteiger partial charge in [0.25, 0.3) is 0 Å². The predicted octanol–water partition coefficient (Wildman–Crippen LogP) is 4.66. The maximum atomic E-state index is 15.2. The second-order valence-electron chi connectivity index (χ2n) is 11.1. The number of carbonyl (C=O) groups excluding carboxylic acids is 1. The summed E-state index contributed by atoms with van der Waals surface area (Å²) in [5.41, 5.74) is 1.89. The summed E-state index contributed by atoms with van der Waals surface area (Å²) in [7, 11) is 0. The van der Waals surface area contributed by atoms with Crippen LogP contribution in [0.1, 0.15) is 50.4 Å². The highest BCUT2D eigenvalue weighted by Gasteiger charge is 2.31. The van der Waals surface area contributed by atoms with E-state index in [0.29, 0.717) is 53.4 Å². The fraction of sp³-hybridized carbons (Fsp3) is 0.414. The minimum atomic E-state index is -0.822. The van der Waals surface area contributed by atoms with E-state index in [1.165, 1.54) is 17.2 Å². The highest BCUT2D eigenvalue weighted by Crippen LogP contribution is 2.33. The van der Waals surface area contributed by atoms with E-state index in [2.05, 4.69) is 16.0 Å². The average Bonchev–Trinajstić information content (AvgIpc) is 3.74. The van der Waals surface area contributed by atoms with Crippen molar-refractivity contribution in [2.75, 3.05) is 18.1 Å². The number of hydrogen-bond acceptors (Lipinski definition) is 8. The third-order valence-electron chi connectivity index (χ3n) is 7.03. The van der Waals surface area contributed by atoms with Crippen molar-refractivity contribution in [3.8, 4) is 23.1 Å². The number of hydrogen-bond donors (Lipinski definition) is 0. The molecule has 1 atom stereocenters. The van der Waals surface area contributed by atoms with E-state index in [-0.39, 0.29) is 24.3 Å². The van der Waals surface area contributed by atoms with Crippen LogP contribution < -0.4 is 9.64 Å². The minimum absolute atomic E-state index is 0.118. The number of amides is 1. The van der Waals surface area contributed by atoms with Gasteiger partial charge in [-0.3, -0.25) is 9.08 Å². The summed E-state index contributed by atoms with van der Waals surface area (Å²) >= 11 is 0. The van der Waals surface area contributed by atoms with Crippen molar-refractivity contribution in [3.05, 3.63) is 59.4 Å². The van der Waals surface area contributed by atoms with Gasteiger partial charge in [0.1, 0.15) is 23.2 Å². The number of ether oxygens (including phenoxy) is 3. The Balaban J connectivity index is 1.43. The second-order valence-corrected chi connectivity index (χ2v) is 11.1. The Morgan fingerprint density at radius 1 is 1.29 bits per heavy atom. The number of nitriles is 1. The van der Waals surface area contributed by atoms with Crippen molar-refractivity contribution in [1.29, 1.82) is 5.26 Å². The molecule has 2 aliphatic heterocycles. The monoisotopic (exact) mass is 559 g/mol. The van der Waals surface area contributed by atoms with Gasteiger partial charge in [-0.2, -0.15) is 10.4 Å². The van der Waals surface area contributed by atoms with Crippen molar-refractivity contribution >= 4 is 17.7 Å². The van der Waals surface area contributed by atoms with Crippen LogP contribution in [0.3, 0.4) is 0 Å². The smallest absolute Gasteiger partial charge is 0.417 e. The summed E-state index contributed by atoms with van der Waals surface area (Å²) in [5, 5.41) is 14.4. The number of fused-ring (bicyclic) bond motifs is 2. The quantitative estimate of drug-likeness (QED) is 0.335. The number of aromatic nitrogens is 5. The topological polar surface area (TPSA) is 120 Å². The molecule has 1 aromatic carbocycles. The number of anilines is 1. The van der Waals surface area contributed by atoms with Gasteiger partial charge in [0.2, 0.25) is 5.95 Å². The molecule has 11 nitrogen and oxygen atoms in total. The zero-order valence-corrected chi connectivity index (χ0v) is 23.1. The zero-order valence-electron chi connectivity index (χ0n) is 23.1. The lowest BCUT2D eigenvalue weighted by atomic mass is 10.0. The molecule has 0 aliphatic carbocycles. The molecule has 0 N–H and O–H groups in total. The van der Waals surface area contributed by atoms with E-state index in [1.54, 1.807) is 37.4 Å². The van der Waals surface area contributed by atoms with Gasteiger partial charge in [-0.05, 0) is 51.8 Å². The van der Waals surface area contributed by atoms with Crippen LogP contribution in [0.25, 0.3) is 16.9 Å². The lowest BCUT2D eigenvalue weighted by molar-refractivity contribution is 0.0574. The first-order valence-corrected chi connectivity index (χ1v) is 13.6. The number of imidazole rings is 1. The lowest BCUT2D eigenvalue weighted by Crippen LogP contribution is -2.38. The maximum Gasteiger partial charge on any atom is 0.417 e. The highest BCUT2D eigenvalue weighted by molar-refractivity contribution is 5.87. The van der Waals surface area contributed by atoms with Gasteiger partial charge >= 0.3 is 6.09 Å². The van der Waals surface area contributed by atoms with Crippen LogP contribution >= 0.6 is 0 Å². The Labute approximate surface area is 236 Å². The first-order chi connectivity index (χ1) is 19.7. The number of rotatable bonds is 6. The molecule has 12 heteroatoms. The molecular formula is C29H30FN7O4. The van der Waals surface area contributed by atoms with E-state index >= 15 is 4.39 Å². The summed E-state index contributed by atoms with van der Waals surface area (Å²) in [6, 6.07) is 6.83. The number of halogens is 1. The summed E-state index contributed by atoms with van der Waals surface area (Å²) in [6.45, 7) is 6.91. The van der Waals surface area contributed by atoms with Crippen LogP contribution in [0, 0.1) is 17.1 Å². The van der Waals surface area contributed by atoms with E-state index in [9.17, 15) is 10.1 Å². The lowest BCUT2D eigenvalue weighted by Gasteiger charge is -2.28. The van der Waals surface area contributed by atoms with Gasteiger partial charge in [0.15, 0.2) is 11.3 Å². The van der Waals surface area contributed by atoms with Crippen molar-refractivity contribution in [2.24, 2.45) is 0 Å². The summed E-state index contributed by atoms with van der Waals surface area (Å²) in [5.74, 6) is 0.254. The van der Waals surface area contributed by atoms with Crippen molar-refractivity contribution in [3.63, 3.8) is 0 Å². The summed E-state index contributed by atoms with van der Waals surface area (Å²) in [4.78, 5) is 24.0. The molecule has 0 radical (unpaired) electrons. The molecule has 212 valence electrons. The third kappa shape index (κ3) is 5.32. The van der Waals surface area contributed by atoms with Crippen LogP contribution in [0.2, 0.25) is 0 Å². The maximum absolute atomic E-state index is 15.2. The Bertz CT molecular complexity index is 1660. The fourth-order valence-electron chi connectivity index (χ4n) is 5.18. The van der Waals surface area contributed by atoms with Crippen LogP contribution in [0.4, 0.5) is 15.1 Å². The molecule has 1 fully saturated rings. The Morgan fingerprint density at radius 3 is 2.90 bits per heavy atom. The number of nitrogens with zero attached hydrogens (tertiary/aromatic N) is 7. The van der Waals surface area contributed by atoms with E-state index in [1.807, 2.05) is 16.9 Å². The molecule has 0 spiro atoms.